The fraction of sp³-hybridized carbons (Fsp3) is 0.612. The van der Waals surface area contributed by atoms with Gasteiger partial charge in [-0.1, -0.05) is 12.1 Å². The first-order valence-corrected chi connectivity index (χ1v) is 25.2. The first-order chi connectivity index (χ1) is 35.7. The number of hydrogen-bond acceptors (Lipinski definition) is 15. The highest BCUT2D eigenvalue weighted by Gasteiger charge is 2.31. The zero-order valence-corrected chi connectivity index (χ0v) is 42.0. The summed E-state index contributed by atoms with van der Waals surface area (Å²) in [6.07, 6.45) is 6.20. The molecular weight excluding hydrogens is 985 g/mol. The van der Waals surface area contributed by atoms with E-state index >= 15 is 0 Å². The number of carboxylic acids is 6. The zero-order valence-electron chi connectivity index (χ0n) is 42.0. The molecule has 2 heterocycles. The molecule has 26 nitrogen and oxygen atoms in total. The van der Waals surface area contributed by atoms with Gasteiger partial charge < -0.3 is 57.2 Å². The number of hydrogen-bond donors (Lipinski definition) is 11. The van der Waals surface area contributed by atoms with Gasteiger partial charge in [-0.3, -0.25) is 58.1 Å². The number of carbonyl (C=O) groups excluding carboxylic acids is 4. The van der Waals surface area contributed by atoms with Crippen LogP contribution in [-0.4, -0.2) is 225 Å². The fourth-order valence-electron chi connectivity index (χ4n) is 9.12. The third-order valence-corrected chi connectivity index (χ3v) is 13.3. The van der Waals surface area contributed by atoms with Crippen LogP contribution in [0.2, 0.25) is 0 Å². The highest BCUT2D eigenvalue weighted by Crippen LogP contribution is 2.31. The summed E-state index contributed by atoms with van der Waals surface area (Å²) in [7, 11) is 0. The Kier molecular flexibility index (Phi) is 25.5. The van der Waals surface area contributed by atoms with E-state index in [0.29, 0.717) is 58.2 Å². The maximum atomic E-state index is 13.8. The van der Waals surface area contributed by atoms with Gasteiger partial charge >= 0.3 is 41.8 Å². The molecule has 2 fully saturated rings. The van der Waals surface area contributed by atoms with Gasteiger partial charge in [0.1, 0.15) is 18.1 Å². The van der Waals surface area contributed by atoms with E-state index in [9.17, 15) is 73.5 Å². The Balaban J connectivity index is 1.27. The minimum absolute atomic E-state index is 0.00865. The molecule has 4 rings (SSSR count). The molecule has 0 radical (unpaired) electrons. The van der Waals surface area contributed by atoms with Crippen LogP contribution in [0.1, 0.15) is 69.8 Å². The lowest BCUT2D eigenvalue weighted by Crippen LogP contribution is -2.51. The Morgan fingerprint density at radius 1 is 0.560 bits per heavy atom. The van der Waals surface area contributed by atoms with Crippen molar-refractivity contribution in [3.05, 3.63) is 42.2 Å². The molecule has 1 saturated heterocycles. The van der Waals surface area contributed by atoms with Gasteiger partial charge in [0.2, 0.25) is 17.7 Å². The highest BCUT2D eigenvalue weighted by atomic mass is 16.4. The second kappa shape index (κ2) is 31.6. The molecular formula is C49H72N10O16. The number of amides is 5. The number of unbranched alkanes of at least 4 members (excludes halogenated alkanes) is 1. The van der Waals surface area contributed by atoms with Gasteiger partial charge in [-0.15, -0.1) is 0 Å². The molecule has 0 unspecified atom stereocenters. The van der Waals surface area contributed by atoms with Gasteiger partial charge in [0, 0.05) is 102 Å². The number of nitrogens with zero attached hydrogens (tertiary/aromatic N) is 5. The number of benzene rings is 1. The predicted molar refractivity (Wildman–Crippen MR) is 267 cm³/mol. The highest BCUT2D eigenvalue weighted by molar-refractivity contribution is 5.89. The molecule has 2 aromatic rings. The van der Waals surface area contributed by atoms with Gasteiger partial charge in [0.05, 0.1) is 26.2 Å². The van der Waals surface area contributed by atoms with E-state index in [1.165, 1.54) is 0 Å². The third kappa shape index (κ3) is 23.4. The molecule has 0 spiro atoms. The number of carboxylic acid groups (broad SMARTS) is 6. The molecule has 11 N–H and O–H groups in total. The monoisotopic (exact) mass is 1060 g/mol. The van der Waals surface area contributed by atoms with Crippen molar-refractivity contribution in [2.75, 3.05) is 91.6 Å². The van der Waals surface area contributed by atoms with Crippen LogP contribution in [-0.2, 0) is 49.6 Å². The molecule has 2 aliphatic rings. The maximum Gasteiger partial charge on any atom is 0.326 e. The predicted octanol–water partition coefficient (Wildman–Crippen LogP) is -0.593. The molecule has 1 aliphatic carbocycles. The summed E-state index contributed by atoms with van der Waals surface area (Å²) in [5.74, 6) is -8.42. The van der Waals surface area contributed by atoms with E-state index in [-0.39, 0.29) is 115 Å². The molecule has 3 atom stereocenters. The molecule has 1 saturated carbocycles. The minimum atomic E-state index is -1.55. The molecule has 1 aromatic carbocycles. The summed E-state index contributed by atoms with van der Waals surface area (Å²) in [5.41, 5.74) is 0.776. The average molecular weight is 1060 g/mol. The van der Waals surface area contributed by atoms with E-state index in [1.807, 2.05) is 29.2 Å². The number of aliphatic carboxylic acids is 6. The quantitative estimate of drug-likeness (QED) is 0.0474. The van der Waals surface area contributed by atoms with Crippen molar-refractivity contribution < 1.29 is 78.6 Å². The number of aromatic nitrogens is 1. The number of carbonyl (C=O) groups is 10. The molecule has 5 amide bonds. The largest absolute Gasteiger partial charge is 0.481 e. The molecule has 414 valence electrons. The van der Waals surface area contributed by atoms with Gasteiger partial charge in [0.15, 0.2) is 0 Å². The number of fused-ring (bicyclic) bond motifs is 1. The van der Waals surface area contributed by atoms with Crippen LogP contribution in [0.15, 0.2) is 36.7 Å². The van der Waals surface area contributed by atoms with Crippen molar-refractivity contribution in [2.45, 2.75) is 88.8 Å². The minimum Gasteiger partial charge on any atom is -0.481 e. The van der Waals surface area contributed by atoms with Gasteiger partial charge in [0.25, 0.3) is 0 Å². The van der Waals surface area contributed by atoms with E-state index < -0.39 is 78.7 Å². The Labute approximate surface area is 433 Å². The van der Waals surface area contributed by atoms with Crippen molar-refractivity contribution >= 4 is 70.3 Å². The van der Waals surface area contributed by atoms with Gasteiger partial charge in [-0.2, -0.15) is 0 Å². The van der Waals surface area contributed by atoms with Crippen LogP contribution >= 0.6 is 0 Å². The Morgan fingerprint density at radius 2 is 1.09 bits per heavy atom. The smallest absolute Gasteiger partial charge is 0.326 e. The molecule has 26 heteroatoms. The first kappa shape index (κ1) is 60.5. The average Bonchev–Trinajstić information content (AvgIpc) is 3.34. The van der Waals surface area contributed by atoms with E-state index in [4.69, 9.17) is 5.11 Å². The normalized spacial score (nSPS) is 18.7. The third-order valence-electron chi connectivity index (χ3n) is 13.3. The van der Waals surface area contributed by atoms with Crippen LogP contribution in [0, 0.1) is 11.8 Å². The molecule has 1 aliphatic heterocycles. The van der Waals surface area contributed by atoms with Crippen molar-refractivity contribution in [3.8, 4) is 0 Å². The lowest BCUT2D eigenvalue weighted by atomic mass is 9.80. The van der Waals surface area contributed by atoms with Crippen molar-refractivity contribution in [3.63, 3.8) is 0 Å². The summed E-state index contributed by atoms with van der Waals surface area (Å²) < 4.78 is 0. The van der Waals surface area contributed by atoms with Gasteiger partial charge in [-0.05, 0) is 86.8 Å². The van der Waals surface area contributed by atoms with Crippen LogP contribution in [0.3, 0.4) is 0 Å². The van der Waals surface area contributed by atoms with Gasteiger partial charge in [-0.25, -0.2) is 14.4 Å². The molecule has 1 aromatic heterocycles. The molecule has 75 heavy (non-hydrogen) atoms. The first-order valence-electron chi connectivity index (χ1n) is 25.2. The molecule has 0 bridgehead atoms. The Morgan fingerprint density at radius 3 is 1.61 bits per heavy atom. The summed E-state index contributed by atoms with van der Waals surface area (Å²) in [6.45, 7) is 1.87. The van der Waals surface area contributed by atoms with Crippen molar-refractivity contribution in [2.24, 2.45) is 11.8 Å². The number of rotatable bonds is 28. The standard InChI is InChI=1S/C49H72N10O16/c60-40(28-56-17-19-57(29-42(63)64)21-23-59(31-44(67)68)24-22-58(20-18-56)30-43(65)66)51-16-12-32-4-8-35(9-5-32)45(69)53-39(26-33-6-7-34-13-15-50-27-36(34)25-33)46(70)52-14-2-1-3-37(47(71)72)54-49(75)55-38(48(73)74)10-11-41(61)62/h6-7,13,15,25,27,32,35,37-39H,1-5,8-12,14,16-24,26,28-31H2,(H,51,60)(H,52,70)(H,53,69)(H,61,62)(H,63,64)(H,65,66)(H,67,68)(H,71,72)(H,73,74)(H2,54,55,75)/t32?,35?,37-,38-,39+/m0/s1. The maximum absolute atomic E-state index is 13.8. The van der Waals surface area contributed by atoms with Crippen LogP contribution in [0.4, 0.5) is 4.79 Å². The van der Waals surface area contributed by atoms with Crippen molar-refractivity contribution in [1.29, 1.82) is 0 Å². The lowest BCUT2D eigenvalue weighted by molar-refractivity contribution is -0.141. The van der Waals surface area contributed by atoms with E-state index in [0.717, 1.165) is 16.3 Å². The number of nitrogens with one attached hydrogen (secondary N) is 5. The summed E-state index contributed by atoms with van der Waals surface area (Å²) in [6, 6.07) is 2.49. The second-order valence-electron chi connectivity index (χ2n) is 19.1. The van der Waals surface area contributed by atoms with E-state index in [2.05, 4.69) is 31.6 Å². The Bertz CT molecular complexity index is 2250. The fourth-order valence-corrected chi connectivity index (χ4v) is 9.12. The van der Waals surface area contributed by atoms with Crippen LogP contribution in [0.5, 0.6) is 0 Å². The summed E-state index contributed by atoms with van der Waals surface area (Å²) in [5, 5.41) is 71.1. The zero-order chi connectivity index (χ0) is 54.9. The van der Waals surface area contributed by atoms with Crippen LogP contribution in [0.25, 0.3) is 10.8 Å². The van der Waals surface area contributed by atoms with E-state index in [1.54, 1.807) is 27.1 Å². The lowest BCUT2D eigenvalue weighted by Gasteiger charge is -2.33. The SMILES string of the molecule is O=C(O)CC[C@H](NC(=O)N[C@@H](CCCCNC(=O)[C@@H](Cc1ccc2ccncc2c1)NC(=O)C1CCC(CCNC(=O)CN2CCN(CC(=O)O)CCN(CC(=O)O)CCN(CC(=O)O)CC2)CC1)C(=O)O)C(=O)O. The summed E-state index contributed by atoms with van der Waals surface area (Å²) in [4.78, 5) is 133. The van der Waals surface area contributed by atoms with Crippen molar-refractivity contribution in [1.82, 2.24) is 51.2 Å². The second-order valence-corrected chi connectivity index (χ2v) is 19.1. The van der Waals surface area contributed by atoms with Crippen LogP contribution < -0.4 is 26.6 Å². The number of urea groups is 1. The summed E-state index contributed by atoms with van der Waals surface area (Å²) >= 11 is 0. The number of pyridine rings is 1. The topological polar surface area (TPSA) is 378 Å². The Hall–Kier alpha value is -7.03.